The molecule has 0 fully saturated rings. The Hall–Kier alpha value is -1.51. The van der Waals surface area contributed by atoms with E-state index in [9.17, 15) is 4.79 Å². The molecular weight excluding hydrogens is 192 g/mol. The van der Waals surface area contributed by atoms with Crippen LogP contribution in [0, 0.1) is 5.92 Å². The highest BCUT2D eigenvalue weighted by Gasteiger charge is 1.99. The topological polar surface area (TPSA) is 57.5 Å². The van der Waals surface area contributed by atoms with Crippen LogP contribution in [0.1, 0.15) is 26.3 Å². The van der Waals surface area contributed by atoms with Crippen molar-refractivity contribution in [1.82, 2.24) is 0 Å². The molecule has 0 aliphatic rings. The third-order valence-electron chi connectivity index (χ3n) is 1.84. The molecule has 15 heavy (non-hydrogen) atoms. The molecule has 0 unspecified atom stereocenters. The van der Waals surface area contributed by atoms with E-state index in [1.54, 1.807) is 26.0 Å². The van der Waals surface area contributed by atoms with Gasteiger partial charge in [0.2, 0.25) is 0 Å². The summed E-state index contributed by atoms with van der Waals surface area (Å²) in [6.07, 6.45) is 1.03. The first-order chi connectivity index (χ1) is 6.97. The van der Waals surface area contributed by atoms with Crippen LogP contribution in [-0.4, -0.2) is 16.2 Å². The number of hydrogen-bond acceptors (Lipinski definition) is 2. The molecule has 1 rings (SSSR count). The lowest BCUT2D eigenvalue weighted by Gasteiger charge is -1.93. The van der Waals surface area contributed by atoms with Gasteiger partial charge in [0.25, 0.3) is 0 Å². The first-order valence-corrected chi connectivity index (χ1v) is 4.98. The maximum absolute atomic E-state index is 9.70. The molecule has 0 aliphatic carbocycles. The van der Waals surface area contributed by atoms with Gasteiger partial charge in [0, 0.05) is 0 Å². The van der Waals surface area contributed by atoms with E-state index in [1.165, 1.54) is 5.56 Å². The first kappa shape index (κ1) is 13.5. The van der Waals surface area contributed by atoms with E-state index in [2.05, 4.69) is 6.92 Å². The van der Waals surface area contributed by atoms with E-state index in [-0.39, 0.29) is 5.92 Å². The number of phenols is 1. The summed E-state index contributed by atoms with van der Waals surface area (Å²) in [6.45, 7) is 5.37. The second-order valence-electron chi connectivity index (χ2n) is 3.51. The van der Waals surface area contributed by atoms with Crippen LogP contribution in [-0.2, 0) is 11.2 Å². The fraction of sp³-hybridized carbons (Fsp3) is 0.417. The molecule has 0 aromatic heterocycles. The summed E-state index contributed by atoms with van der Waals surface area (Å²) in [7, 11) is 0. The summed E-state index contributed by atoms with van der Waals surface area (Å²) in [5.41, 5.74) is 1.26. The molecule has 0 saturated carbocycles. The minimum absolute atomic E-state index is 0.231. The molecule has 1 aromatic carbocycles. The number of carboxylic acids is 1. The van der Waals surface area contributed by atoms with Gasteiger partial charge in [0.05, 0.1) is 5.92 Å². The first-order valence-electron chi connectivity index (χ1n) is 4.98. The van der Waals surface area contributed by atoms with Crippen LogP contribution < -0.4 is 0 Å². The van der Waals surface area contributed by atoms with Gasteiger partial charge in [-0.05, 0) is 24.1 Å². The highest BCUT2D eigenvalue weighted by Crippen LogP contribution is 2.09. The predicted octanol–water partition coefficient (Wildman–Crippen LogP) is 2.68. The van der Waals surface area contributed by atoms with Gasteiger partial charge in [-0.3, -0.25) is 4.79 Å². The van der Waals surface area contributed by atoms with Gasteiger partial charge in [0.15, 0.2) is 0 Å². The number of hydrogen-bond donors (Lipinski definition) is 2. The molecule has 84 valence electrons. The summed E-state index contributed by atoms with van der Waals surface area (Å²) in [6, 6.07) is 7.27. The quantitative estimate of drug-likeness (QED) is 0.789. The molecule has 0 aliphatic heterocycles. The second-order valence-corrected chi connectivity index (χ2v) is 3.51. The SMILES string of the molecule is CC(C)C(=O)O.CCc1ccc(O)cc1. The van der Waals surface area contributed by atoms with Gasteiger partial charge < -0.3 is 10.2 Å². The molecule has 1 aromatic rings. The largest absolute Gasteiger partial charge is 0.508 e. The highest BCUT2D eigenvalue weighted by molar-refractivity contribution is 5.68. The number of aryl methyl sites for hydroxylation is 1. The zero-order chi connectivity index (χ0) is 11.8. The zero-order valence-electron chi connectivity index (χ0n) is 9.40. The smallest absolute Gasteiger partial charge is 0.305 e. The summed E-state index contributed by atoms with van der Waals surface area (Å²) in [4.78, 5) is 9.70. The lowest BCUT2D eigenvalue weighted by Crippen LogP contribution is -2.03. The molecule has 2 N–H and O–H groups in total. The second kappa shape index (κ2) is 6.87. The molecule has 0 amide bonds. The van der Waals surface area contributed by atoms with Gasteiger partial charge in [-0.1, -0.05) is 32.9 Å². The molecule has 0 atom stereocenters. The van der Waals surface area contributed by atoms with Crippen LogP contribution in [0.25, 0.3) is 0 Å². The minimum Gasteiger partial charge on any atom is -0.508 e. The summed E-state index contributed by atoms with van der Waals surface area (Å²) in [5.74, 6) is -0.632. The van der Waals surface area contributed by atoms with Crippen molar-refractivity contribution in [2.75, 3.05) is 0 Å². The van der Waals surface area contributed by atoms with E-state index < -0.39 is 5.97 Å². The van der Waals surface area contributed by atoms with Crippen molar-refractivity contribution in [3.63, 3.8) is 0 Å². The van der Waals surface area contributed by atoms with E-state index in [0.717, 1.165) is 6.42 Å². The van der Waals surface area contributed by atoms with Crippen molar-refractivity contribution in [1.29, 1.82) is 0 Å². The fourth-order valence-electron chi connectivity index (χ4n) is 0.732. The van der Waals surface area contributed by atoms with Gasteiger partial charge in [-0.2, -0.15) is 0 Å². The Labute approximate surface area is 90.4 Å². The van der Waals surface area contributed by atoms with Gasteiger partial charge in [-0.25, -0.2) is 0 Å². The van der Waals surface area contributed by atoms with Crippen molar-refractivity contribution in [3.05, 3.63) is 29.8 Å². The van der Waals surface area contributed by atoms with Crippen LogP contribution >= 0.6 is 0 Å². The van der Waals surface area contributed by atoms with Crippen LogP contribution in [0.3, 0.4) is 0 Å². The fourth-order valence-corrected chi connectivity index (χ4v) is 0.732. The van der Waals surface area contributed by atoms with E-state index in [1.807, 2.05) is 12.1 Å². The number of aromatic hydroxyl groups is 1. The molecule has 3 nitrogen and oxygen atoms in total. The number of benzene rings is 1. The van der Waals surface area contributed by atoms with Crippen molar-refractivity contribution in [3.8, 4) is 5.75 Å². The number of carbonyl (C=O) groups is 1. The van der Waals surface area contributed by atoms with Crippen molar-refractivity contribution < 1.29 is 15.0 Å². The molecular formula is C12H18O3. The standard InChI is InChI=1S/C8H10O.C4H8O2/c1-2-7-3-5-8(9)6-4-7;1-3(2)4(5)6/h3-6,9H,2H2,1H3;3H,1-2H3,(H,5,6). The number of aliphatic carboxylic acids is 1. The van der Waals surface area contributed by atoms with Crippen molar-refractivity contribution in [2.45, 2.75) is 27.2 Å². The average molecular weight is 210 g/mol. The Morgan fingerprint density at radius 2 is 1.67 bits per heavy atom. The summed E-state index contributed by atoms with van der Waals surface area (Å²) < 4.78 is 0. The molecule has 0 bridgehead atoms. The number of rotatable bonds is 2. The summed E-state index contributed by atoms with van der Waals surface area (Å²) >= 11 is 0. The molecule has 0 saturated heterocycles. The molecule has 3 heteroatoms. The van der Waals surface area contributed by atoms with E-state index in [4.69, 9.17) is 10.2 Å². The molecule has 0 spiro atoms. The average Bonchev–Trinajstić information content (AvgIpc) is 2.20. The van der Waals surface area contributed by atoms with Crippen LogP contribution in [0.4, 0.5) is 0 Å². The highest BCUT2D eigenvalue weighted by atomic mass is 16.4. The Bertz CT molecular complexity index is 288. The Morgan fingerprint density at radius 1 is 1.27 bits per heavy atom. The molecule has 0 radical (unpaired) electrons. The van der Waals surface area contributed by atoms with Gasteiger partial charge >= 0.3 is 5.97 Å². The Morgan fingerprint density at radius 3 is 1.93 bits per heavy atom. The van der Waals surface area contributed by atoms with Crippen molar-refractivity contribution in [2.24, 2.45) is 5.92 Å². The van der Waals surface area contributed by atoms with Crippen LogP contribution in [0.15, 0.2) is 24.3 Å². The minimum atomic E-state index is -0.741. The predicted molar refractivity (Wildman–Crippen MR) is 60.0 cm³/mol. The van der Waals surface area contributed by atoms with E-state index in [0.29, 0.717) is 5.75 Å². The van der Waals surface area contributed by atoms with Crippen LogP contribution in [0.5, 0.6) is 5.75 Å². The number of phenolic OH excluding ortho intramolecular Hbond substituents is 1. The molecule has 0 heterocycles. The maximum Gasteiger partial charge on any atom is 0.305 e. The Balaban J connectivity index is 0.000000288. The number of carboxylic acid groups (broad SMARTS) is 1. The normalized spacial score (nSPS) is 9.33. The van der Waals surface area contributed by atoms with Gasteiger partial charge in [-0.15, -0.1) is 0 Å². The van der Waals surface area contributed by atoms with Crippen LogP contribution in [0.2, 0.25) is 0 Å². The van der Waals surface area contributed by atoms with E-state index >= 15 is 0 Å². The lowest BCUT2D eigenvalue weighted by molar-refractivity contribution is -0.140. The monoisotopic (exact) mass is 210 g/mol. The maximum atomic E-state index is 9.70. The Kier molecular flexibility index (Phi) is 6.18. The summed E-state index contributed by atoms with van der Waals surface area (Å²) in [5, 5.41) is 16.8. The third-order valence-corrected chi connectivity index (χ3v) is 1.84. The zero-order valence-corrected chi connectivity index (χ0v) is 9.40. The third kappa shape index (κ3) is 6.55. The van der Waals surface area contributed by atoms with Gasteiger partial charge in [0.1, 0.15) is 5.75 Å². The van der Waals surface area contributed by atoms with Crippen molar-refractivity contribution >= 4 is 5.97 Å². The lowest BCUT2D eigenvalue weighted by atomic mass is 10.2.